The number of amides is 1. The number of likely N-dealkylation sites (N-methyl/N-ethyl adjacent to an activating group) is 1. The number of carboxylic acid groups (broad SMARTS) is 1. The number of rotatable bonds is 3. The molecule has 0 spiro atoms. The lowest BCUT2D eigenvalue weighted by molar-refractivity contribution is -0.140. The van der Waals surface area contributed by atoms with Crippen molar-refractivity contribution >= 4 is 21.7 Å². The topological polar surface area (TPSA) is 95.0 Å². The molecule has 2 aliphatic heterocycles. The summed E-state index contributed by atoms with van der Waals surface area (Å²) in [5.74, 6) is -1.26. The van der Waals surface area contributed by atoms with Crippen molar-refractivity contribution in [3.63, 3.8) is 0 Å². The van der Waals surface area contributed by atoms with E-state index in [1.165, 1.54) is 0 Å². The summed E-state index contributed by atoms with van der Waals surface area (Å²) in [6, 6.07) is -0.971. The predicted molar refractivity (Wildman–Crippen MR) is 67.4 cm³/mol. The summed E-state index contributed by atoms with van der Waals surface area (Å²) < 4.78 is 23.3. The number of carboxylic acids is 1. The van der Waals surface area contributed by atoms with Crippen LogP contribution in [0.1, 0.15) is 12.8 Å². The number of sulfone groups is 1. The summed E-state index contributed by atoms with van der Waals surface area (Å²) in [7, 11) is -1.50. The van der Waals surface area contributed by atoms with Crippen molar-refractivity contribution in [3.05, 3.63) is 0 Å². The molecule has 108 valence electrons. The van der Waals surface area contributed by atoms with Gasteiger partial charge in [-0.1, -0.05) is 0 Å². The predicted octanol–water partition coefficient (Wildman–Crippen LogP) is -1.21. The monoisotopic (exact) mass is 290 g/mol. The summed E-state index contributed by atoms with van der Waals surface area (Å²) in [5, 5.41) is 8.90. The van der Waals surface area contributed by atoms with Gasteiger partial charge in [0.25, 0.3) is 0 Å². The highest BCUT2D eigenvalue weighted by Crippen LogP contribution is 2.24. The molecule has 2 atom stereocenters. The van der Waals surface area contributed by atoms with Gasteiger partial charge in [-0.15, -0.1) is 0 Å². The largest absolute Gasteiger partial charge is 0.481 e. The van der Waals surface area contributed by atoms with E-state index >= 15 is 0 Å². The zero-order valence-electron chi connectivity index (χ0n) is 10.8. The highest BCUT2D eigenvalue weighted by molar-refractivity contribution is 7.91. The molecule has 19 heavy (non-hydrogen) atoms. The van der Waals surface area contributed by atoms with E-state index in [0.717, 1.165) is 0 Å². The second kappa shape index (κ2) is 5.09. The van der Waals surface area contributed by atoms with Crippen LogP contribution in [-0.4, -0.2) is 78.9 Å². The number of likely N-dealkylation sites (tertiary alicyclic amines) is 1. The summed E-state index contributed by atoms with van der Waals surface area (Å²) >= 11 is 0. The van der Waals surface area contributed by atoms with E-state index in [0.29, 0.717) is 13.0 Å². The molecule has 0 aromatic carbocycles. The Morgan fingerprint density at radius 1 is 1.42 bits per heavy atom. The fourth-order valence-corrected chi connectivity index (χ4v) is 4.35. The zero-order chi connectivity index (χ0) is 14.2. The molecular weight excluding hydrogens is 272 g/mol. The second-order valence-electron chi connectivity index (χ2n) is 5.17. The Balaban J connectivity index is 2.17. The third-order valence-corrected chi connectivity index (χ3v) is 5.48. The number of carbonyl (C=O) groups is 2. The summed E-state index contributed by atoms with van der Waals surface area (Å²) in [6.45, 7) is 0.872. The lowest BCUT2D eigenvalue weighted by Crippen LogP contribution is -2.55. The average molecular weight is 290 g/mol. The lowest BCUT2D eigenvalue weighted by Gasteiger charge is -2.37. The maximum absolute atomic E-state index is 12.0. The Kier molecular flexibility index (Phi) is 3.82. The van der Waals surface area contributed by atoms with Crippen LogP contribution in [0.5, 0.6) is 0 Å². The SMILES string of the molecule is CN1CCC(N2CCS(=O)(=O)CC2CC(=O)O)C1=O. The van der Waals surface area contributed by atoms with Crippen LogP contribution in [0.4, 0.5) is 0 Å². The third kappa shape index (κ3) is 3.06. The molecule has 2 fully saturated rings. The first-order chi connectivity index (χ1) is 8.80. The van der Waals surface area contributed by atoms with Gasteiger partial charge in [0.05, 0.1) is 24.0 Å². The normalized spacial score (nSPS) is 31.6. The van der Waals surface area contributed by atoms with Crippen LogP contribution >= 0.6 is 0 Å². The Hall–Kier alpha value is -1.15. The molecule has 2 unspecified atom stereocenters. The molecule has 2 heterocycles. The molecule has 7 nitrogen and oxygen atoms in total. The summed E-state index contributed by atoms with van der Waals surface area (Å²) in [4.78, 5) is 26.2. The molecule has 8 heteroatoms. The standard InChI is InChI=1S/C11H18N2O5S/c1-12-3-2-9(11(12)16)13-4-5-19(17,18)7-8(13)6-10(14)15/h8-9H,2-7H2,1H3,(H,14,15). The molecule has 2 saturated heterocycles. The molecule has 0 aromatic rings. The van der Waals surface area contributed by atoms with Gasteiger partial charge < -0.3 is 10.0 Å². The minimum absolute atomic E-state index is 0.00336. The minimum Gasteiger partial charge on any atom is -0.481 e. The van der Waals surface area contributed by atoms with Gasteiger partial charge in [-0.2, -0.15) is 0 Å². The summed E-state index contributed by atoms with van der Waals surface area (Å²) in [6.07, 6.45) is 0.387. The maximum atomic E-state index is 12.0. The number of hydrogen-bond donors (Lipinski definition) is 1. The quantitative estimate of drug-likeness (QED) is 0.701. The van der Waals surface area contributed by atoms with E-state index in [-0.39, 0.29) is 36.4 Å². The van der Waals surface area contributed by atoms with E-state index in [9.17, 15) is 18.0 Å². The molecule has 2 aliphatic rings. The Bertz CT molecular complexity index is 489. The number of carbonyl (C=O) groups excluding carboxylic acids is 1. The number of hydrogen-bond acceptors (Lipinski definition) is 5. The highest BCUT2D eigenvalue weighted by Gasteiger charge is 2.42. The molecule has 1 N–H and O–H groups in total. The molecule has 0 radical (unpaired) electrons. The van der Waals surface area contributed by atoms with Crippen LogP contribution in [-0.2, 0) is 19.4 Å². The molecule has 0 bridgehead atoms. The zero-order valence-corrected chi connectivity index (χ0v) is 11.6. The first-order valence-corrected chi connectivity index (χ1v) is 8.05. The van der Waals surface area contributed by atoms with Crippen molar-refractivity contribution in [2.75, 3.05) is 31.6 Å². The van der Waals surface area contributed by atoms with Gasteiger partial charge in [-0.25, -0.2) is 8.42 Å². The van der Waals surface area contributed by atoms with Crippen molar-refractivity contribution < 1.29 is 23.1 Å². The Morgan fingerprint density at radius 3 is 2.63 bits per heavy atom. The minimum atomic E-state index is -3.20. The molecule has 0 aliphatic carbocycles. The van der Waals surface area contributed by atoms with E-state index in [4.69, 9.17) is 5.11 Å². The Labute approximate surface area is 112 Å². The smallest absolute Gasteiger partial charge is 0.304 e. The van der Waals surface area contributed by atoms with Gasteiger partial charge >= 0.3 is 5.97 Å². The van der Waals surface area contributed by atoms with Crippen molar-refractivity contribution in [2.24, 2.45) is 0 Å². The van der Waals surface area contributed by atoms with Gasteiger partial charge in [0.1, 0.15) is 0 Å². The van der Waals surface area contributed by atoms with Crippen LogP contribution in [0.25, 0.3) is 0 Å². The van der Waals surface area contributed by atoms with Crippen LogP contribution in [0, 0.1) is 0 Å². The molecule has 2 rings (SSSR count). The van der Waals surface area contributed by atoms with Crippen LogP contribution in [0.3, 0.4) is 0 Å². The van der Waals surface area contributed by atoms with E-state index in [2.05, 4.69) is 0 Å². The van der Waals surface area contributed by atoms with Crippen molar-refractivity contribution in [2.45, 2.75) is 24.9 Å². The van der Waals surface area contributed by atoms with E-state index in [1.807, 2.05) is 0 Å². The first kappa shape index (κ1) is 14.3. The fraction of sp³-hybridized carbons (Fsp3) is 0.818. The lowest BCUT2D eigenvalue weighted by atomic mass is 10.1. The first-order valence-electron chi connectivity index (χ1n) is 6.23. The van der Waals surface area contributed by atoms with Gasteiger partial charge in [-0.3, -0.25) is 14.5 Å². The van der Waals surface area contributed by atoms with Crippen LogP contribution < -0.4 is 0 Å². The Morgan fingerprint density at radius 2 is 2.11 bits per heavy atom. The maximum Gasteiger partial charge on any atom is 0.304 e. The molecule has 0 saturated carbocycles. The summed E-state index contributed by atoms with van der Waals surface area (Å²) in [5.41, 5.74) is 0. The average Bonchev–Trinajstić information content (AvgIpc) is 2.59. The van der Waals surface area contributed by atoms with Crippen LogP contribution in [0.15, 0.2) is 0 Å². The van der Waals surface area contributed by atoms with E-state index in [1.54, 1.807) is 16.8 Å². The molecule has 1 amide bonds. The fourth-order valence-electron chi connectivity index (χ4n) is 2.80. The number of aliphatic carboxylic acids is 1. The van der Waals surface area contributed by atoms with Crippen molar-refractivity contribution in [1.82, 2.24) is 9.80 Å². The van der Waals surface area contributed by atoms with E-state index < -0.39 is 21.8 Å². The molecule has 0 aromatic heterocycles. The van der Waals surface area contributed by atoms with Crippen LogP contribution in [0.2, 0.25) is 0 Å². The van der Waals surface area contributed by atoms with Gasteiger partial charge in [0.15, 0.2) is 9.84 Å². The van der Waals surface area contributed by atoms with Gasteiger partial charge in [0.2, 0.25) is 5.91 Å². The van der Waals surface area contributed by atoms with Gasteiger partial charge in [0, 0.05) is 26.2 Å². The third-order valence-electron chi connectivity index (χ3n) is 3.79. The number of nitrogens with zero attached hydrogens (tertiary/aromatic N) is 2. The van der Waals surface area contributed by atoms with Crippen molar-refractivity contribution in [3.8, 4) is 0 Å². The molecular formula is C11H18N2O5S. The second-order valence-corrected chi connectivity index (χ2v) is 7.40. The van der Waals surface area contributed by atoms with Crippen molar-refractivity contribution in [1.29, 1.82) is 0 Å². The van der Waals surface area contributed by atoms with Gasteiger partial charge in [-0.05, 0) is 6.42 Å². The highest BCUT2D eigenvalue weighted by atomic mass is 32.2.